The van der Waals surface area contributed by atoms with Crippen LogP contribution in [0.15, 0.2) is 24.3 Å². The Balaban J connectivity index is 2.10. The number of amides is 1. The standard InChI is InChI=1S/C13H16N2O2/c1-15-12-6-5-10(4-2-3-7-17-14)8-11(12)9-13(15)16/h2,4-6,8H,3,7,9,14H2,1H3/b4-2+. The van der Waals surface area contributed by atoms with E-state index in [1.165, 1.54) is 0 Å². The molecule has 0 atom stereocenters. The molecule has 2 N–H and O–H groups in total. The summed E-state index contributed by atoms with van der Waals surface area (Å²) in [5.74, 6) is 5.09. The Morgan fingerprint density at radius 3 is 3.12 bits per heavy atom. The Bertz CT molecular complexity index is 455. The van der Waals surface area contributed by atoms with E-state index in [4.69, 9.17) is 5.90 Å². The van der Waals surface area contributed by atoms with E-state index >= 15 is 0 Å². The van der Waals surface area contributed by atoms with E-state index in [1.807, 2.05) is 31.3 Å². The Morgan fingerprint density at radius 2 is 2.35 bits per heavy atom. The highest BCUT2D eigenvalue weighted by Crippen LogP contribution is 2.28. The molecule has 90 valence electrons. The van der Waals surface area contributed by atoms with Gasteiger partial charge in [0, 0.05) is 12.7 Å². The van der Waals surface area contributed by atoms with Gasteiger partial charge in [0.1, 0.15) is 0 Å². The maximum Gasteiger partial charge on any atom is 0.231 e. The lowest BCUT2D eigenvalue weighted by Gasteiger charge is -2.09. The summed E-state index contributed by atoms with van der Waals surface area (Å²) in [6.07, 6.45) is 5.31. The fraction of sp³-hybridized carbons (Fsp3) is 0.308. The third-order valence-electron chi connectivity index (χ3n) is 2.89. The molecular weight excluding hydrogens is 216 g/mol. The minimum absolute atomic E-state index is 0.151. The number of nitrogens with zero attached hydrogens (tertiary/aromatic N) is 1. The monoisotopic (exact) mass is 232 g/mol. The number of benzene rings is 1. The molecule has 0 aliphatic carbocycles. The SMILES string of the molecule is CN1C(=O)Cc2cc(/C=C/CCON)ccc21. The second-order valence-electron chi connectivity index (χ2n) is 4.08. The molecular formula is C13H16N2O2. The number of hydrogen-bond acceptors (Lipinski definition) is 3. The first-order valence-corrected chi connectivity index (χ1v) is 5.60. The molecule has 0 bridgehead atoms. The lowest BCUT2D eigenvalue weighted by Crippen LogP contribution is -2.20. The van der Waals surface area contributed by atoms with Crippen LogP contribution in [0, 0.1) is 0 Å². The smallest absolute Gasteiger partial charge is 0.231 e. The molecule has 0 radical (unpaired) electrons. The van der Waals surface area contributed by atoms with Crippen LogP contribution < -0.4 is 10.8 Å². The molecule has 4 nitrogen and oxygen atoms in total. The molecule has 4 heteroatoms. The molecule has 0 aromatic heterocycles. The van der Waals surface area contributed by atoms with E-state index in [1.54, 1.807) is 4.90 Å². The first-order chi connectivity index (χ1) is 8.22. The van der Waals surface area contributed by atoms with E-state index in [-0.39, 0.29) is 5.91 Å². The molecule has 1 amide bonds. The van der Waals surface area contributed by atoms with Crippen LogP contribution in [0.25, 0.3) is 6.08 Å². The lowest BCUT2D eigenvalue weighted by atomic mass is 10.1. The lowest BCUT2D eigenvalue weighted by molar-refractivity contribution is -0.117. The number of anilines is 1. The van der Waals surface area contributed by atoms with Crippen molar-refractivity contribution in [3.05, 3.63) is 35.4 Å². The summed E-state index contributed by atoms with van der Waals surface area (Å²) >= 11 is 0. The Labute approximate surface area is 101 Å². The summed E-state index contributed by atoms with van der Waals surface area (Å²) in [4.78, 5) is 17.7. The van der Waals surface area contributed by atoms with Gasteiger partial charge in [0.25, 0.3) is 0 Å². The topological polar surface area (TPSA) is 55.6 Å². The van der Waals surface area contributed by atoms with Crippen molar-refractivity contribution in [2.75, 3.05) is 18.6 Å². The number of nitrogens with two attached hydrogens (primary N) is 1. The number of carbonyl (C=O) groups is 1. The fourth-order valence-electron chi connectivity index (χ4n) is 1.95. The van der Waals surface area contributed by atoms with Gasteiger partial charge < -0.3 is 9.74 Å². The van der Waals surface area contributed by atoms with Crippen molar-refractivity contribution in [2.45, 2.75) is 12.8 Å². The average Bonchev–Trinajstić information content (AvgIpc) is 2.61. The first-order valence-electron chi connectivity index (χ1n) is 5.60. The Hall–Kier alpha value is -1.65. The van der Waals surface area contributed by atoms with Crippen LogP contribution in [0.1, 0.15) is 17.5 Å². The largest absolute Gasteiger partial charge is 0.315 e. The van der Waals surface area contributed by atoms with Gasteiger partial charge in [0.05, 0.1) is 13.0 Å². The first kappa shape index (κ1) is 11.8. The Kier molecular flexibility index (Phi) is 3.56. The van der Waals surface area contributed by atoms with Gasteiger partial charge in [0.15, 0.2) is 0 Å². The predicted molar refractivity (Wildman–Crippen MR) is 67.3 cm³/mol. The van der Waals surface area contributed by atoms with Crippen molar-refractivity contribution in [3.63, 3.8) is 0 Å². The number of likely N-dealkylation sites (N-methyl/N-ethyl adjacent to an activating group) is 1. The highest BCUT2D eigenvalue weighted by atomic mass is 16.6. The zero-order valence-corrected chi connectivity index (χ0v) is 9.85. The van der Waals surface area contributed by atoms with Crippen LogP contribution in [0.3, 0.4) is 0 Å². The second kappa shape index (κ2) is 5.12. The number of carbonyl (C=O) groups excluding carboxylic acids is 1. The van der Waals surface area contributed by atoms with Gasteiger partial charge in [-0.3, -0.25) is 4.79 Å². The van der Waals surface area contributed by atoms with E-state index < -0.39 is 0 Å². The molecule has 17 heavy (non-hydrogen) atoms. The molecule has 1 heterocycles. The fourth-order valence-corrected chi connectivity index (χ4v) is 1.95. The van der Waals surface area contributed by atoms with E-state index in [0.717, 1.165) is 23.2 Å². The normalized spacial score (nSPS) is 14.7. The minimum atomic E-state index is 0.151. The Morgan fingerprint density at radius 1 is 1.53 bits per heavy atom. The quantitative estimate of drug-likeness (QED) is 0.632. The molecule has 0 fully saturated rings. The molecule has 0 unspecified atom stereocenters. The van der Waals surface area contributed by atoms with Crippen molar-refractivity contribution in [2.24, 2.45) is 5.90 Å². The third kappa shape index (κ3) is 2.54. The van der Waals surface area contributed by atoms with Crippen molar-refractivity contribution in [1.82, 2.24) is 0 Å². The predicted octanol–water partition coefficient (Wildman–Crippen LogP) is 1.50. The van der Waals surface area contributed by atoms with Crippen LogP contribution in [-0.4, -0.2) is 19.6 Å². The van der Waals surface area contributed by atoms with Crippen LogP contribution in [-0.2, 0) is 16.1 Å². The van der Waals surface area contributed by atoms with Crippen LogP contribution >= 0.6 is 0 Å². The maximum atomic E-state index is 11.5. The van der Waals surface area contributed by atoms with Gasteiger partial charge in [-0.2, -0.15) is 0 Å². The minimum Gasteiger partial charge on any atom is -0.315 e. The molecule has 2 rings (SSSR count). The average molecular weight is 232 g/mol. The van der Waals surface area contributed by atoms with E-state index in [0.29, 0.717) is 13.0 Å². The van der Waals surface area contributed by atoms with Crippen molar-refractivity contribution < 1.29 is 9.63 Å². The summed E-state index contributed by atoms with van der Waals surface area (Å²) in [5.41, 5.74) is 3.20. The molecule has 1 aromatic carbocycles. The second-order valence-corrected chi connectivity index (χ2v) is 4.08. The van der Waals surface area contributed by atoms with Crippen LogP contribution in [0.5, 0.6) is 0 Å². The zero-order chi connectivity index (χ0) is 12.3. The van der Waals surface area contributed by atoms with Gasteiger partial charge in [-0.05, 0) is 29.7 Å². The molecule has 0 saturated carbocycles. The summed E-state index contributed by atoms with van der Waals surface area (Å²) in [6, 6.07) is 6.05. The molecule has 0 spiro atoms. The van der Waals surface area contributed by atoms with E-state index in [9.17, 15) is 4.79 Å². The number of rotatable bonds is 4. The van der Waals surface area contributed by atoms with Gasteiger partial charge >= 0.3 is 0 Å². The summed E-state index contributed by atoms with van der Waals surface area (Å²) in [5, 5.41) is 0. The summed E-state index contributed by atoms with van der Waals surface area (Å²) in [7, 11) is 1.81. The van der Waals surface area contributed by atoms with Gasteiger partial charge in [0.2, 0.25) is 5.91 Å². The van der Waals surface area contributed by atoms with E-state index in [2.05, 4.69) is 10.9 Å². The third-order valence-corrected chi connectivity index (χ3v) is 2.89. The summed E-state index contributed by atoms with van der Waals surface area (Å²) < 4.78 is 0. The van der Waals surface area contributed by atoms with Crippen LogP contribution in [0.4, 0.5) is 5.69 Å². The van der Waals surface area contributed by atoms with Crippen molar-refractivity contribution >= 4 is 17.7 Å². The molecule has 0 saturated heterocycles. The molecule has 1 aromatic rings. The molecule has 1 aliphatic rings. The maximum absolute atomic E-state index is 11.5. The van der Waals surface area contributed by atoms with Crippen molar-refractivity contribution in [3.8, 4) is 0 Å². The van der Waals surface area contributed by atoms with Gasteiger partial charge in [-0.15, -0.1) is 0 Å². The van der Waals surface area contributed by atoms with Gasteiger partial charge in [-0.25, -0.2) is 5.90 Å². The number of hydrogen-bond donors (Lipinski definition) is 1. The van der Waals surface area contributed by atoms with Crippen molar-refractivity contribution in [1.29, 1.82) is 0 Å². The molecule has 1 aliphatic heterocycles. The highest BCUT2D eigenvalue weighted by Gasteiger charge is 2.23. The highest BCUT2D eigenvalue weighted by molar-refractivity contribution is 6.01. The zero-order valence-electron chi connectivity index (χ0n) is 9.85. The summed E-state index contributed by atoms with van der Waals surface area (Å²) in [6.45, 7) is 0.517. The number of fused-ring (bicyclic) bond motifs is 1. The van der Waals surface area contributed by atoms with Crippen LogP contribution in [0.2, 0.25) is 0 Å². The van der Waals surface area contributed by atoms with Gasteiger partial charge in [-0.1, -0.05) is 18.2 Å².